The van der Waals surface area contributed by atoms with Gasteiger partial charge in [-0.2, -0.15) is 0 Å². The number of rotatable bonds is 13. The Kier molecular flexibility index (Phi) is 11.9. The Bertz CT molecular complexity index is 756. The predicted molar refractivity (Wildman–Crippen MR) is 136 cm³/mol. The fourth-order valence-corrected chi connectivity index (χ4v) is 4.92. The van der Waals surface area contributed by atoms with Gasteiger partial charge in [0.15, 0.2) is 14.1 Å². The van der Waals surface area contributed by atoms with Gasteiger partial charge in [0.1, 0.15) is 0 Å². The summed E-state index contributed by atoms with van der Waals surface area (Å²) in [5.74, 6) is -0.903. The molecule has 32 heavy (non-hydrogen) atoms. The molecule has 0 heterocycles. The Balaban J connectivity index is 2.88. The number of carbonyl (C=O) groups excluding carboxylic acids is 1. The minimum absolute atomic E-state index is 0.0329. The second-order valence-corrected chi connectivity index (χ2v) is 15.1. The summed E-state index contributed by atoms with van der Waals surface area (Å²) in [6.07, 6.45) is 16.9. The molecule has 0 aromatic carbocycles. The molecule has 1 aliphatic rings. The van der Waals surface area contributed by atoms with Crippen molar-refractivity contribution in [3.05, 3.63) is 47.1 Å². The maximum absolute atomic E-state index is 12.6. The fourth-order valence-electron chi connectivity index (χ4n) is 3.28. The van der Waals surface area contributed by atoms with Gasteiger partial charge >= 0.3 is 5.97 Å². The number of aliphatic carboxylic acids is 1. The van der Waals surface area contributed by atoms with Crippen LogP contribution in [0.1, 0.15) is 72.6 Å². The van der Waals surface area contributed by atoms with E-state index in [1.54, 1.807) is 0 Å². The highest BCUT2D eigenvalue weighted by molar-refractivity contribution is 6.74. The zero-order valence-corrected chi connectivity index (χ0v) is 22.4. The average molecular weight is 481 g/mol. The van der Waals surface area contributed by atoms with Crippen molar-refractivity contribution in [2.24, 2.45) is 5.92 Å². The van der Waals surface area contributed by atoms with Crippen LogP contribution in [-0.2, 0) is 14.0 Å². The second kappa shape index (κ2) is 13.3. The third kappa shape index (κ3) is 9.59. The van der Waals surface area contributed by atoms with E-state index < -0.39 is 14.3 Å². The van der Waals surface area contributed by atoms with Gasteiger partial charge in [0.2, 0.25) is 0 Å². The summed E-state index contributed by atoms with van der Waals surface area (Å²) in [5, 5.41) is 9.12. The van der Waals surface area contributed by atoms with Crippen LogP contribution in [0.2, 0.25) is 18.1 Å². The first-order valence-electron chi connectivity index (χ1n) is 11.7. The van der Waals surface area contributed by atoms with Gasteiger partial charge in [-0.3, -0.25) is 9.59 Å². The van der Waals surface area contributed by atoms with Crippen molar-refractivity contribution in [2.75, 3.05) is 0 Å². The third-order valence-corrected chi connectivity index (χ3v) is 11.0. The van der Waals surface area contributed by atoms with E-state index >= 15 is 0 Å². The van der Waals surface area contributed by atoms with Crippen molar-refractivity contribution in [3.8, 4) is 0 Å². The van der Waals surface area contributed by atoms with Crippen LogP contribution in [0.3, 0.4) is 0 Å². The van der Waals surface area contributed by atoms with Gasteiger partial charge in [-0.25, -0.2) is 0 Å². The Morgan fingerprint density at radius 1 is 1.22 bits per heavy atom. The van der Waals surface area contributed by atoms with Crippen molar-refractivity contribution < 1.29 is 19.1 Å². The predicted octanol–water partition coefficient (Wildman–Crippen LogP) is 7.57. The zero-order valence-electron chi connectivity index (χ0n) is 20.6. The number of allylic oxidation sites excluding steroid dienone is 6. The fraction of sp³-hybridized carbons (Fsp3) is 0.615. The summed E-state index contributed by atoms with van der Waals surface area (Å²) >= 11 is 6.18. The maximum atomic E-state index is 12.6. The molecule has 0 unspecified atom stereocenters. The van der Waals surface area contributed by atoms with Crippen LogP contribution >= 0.6 is 11.6 Å². The maximum Gasteiger partial charge on any atom is 0.303 e. The van der Waals surface area contributed by atoms with E-state index in [0.717, 1.165) is 24.8 Å². The van der Waals surface area contributed by atoms with Crippen LogP contribution < -0.4 is 0 Å². The number of unbranched alkanes of at least 4 members (excludes halogenated alkanes) is 1. The molecule has 1 aliphatic carbocycles. The number of hydrogen-bond acceptors (Lipinski definition) is 3. The summed E-state index contributed by atoms with van der Waals surface area (Å²) < 4.78 is 6.67. The lowest BCUT2D eigenvalue weighted by Crippen LogP contribution is -2.43. The second-order valence-electron chi connectivity index (χ2n) is 9.95. The van der Waals surface area contributed by atoms with Crippen molar-refractivity contribution in [3.63, 3.8) is 0 Å². The first kappa shape index (κ1) is 28.6. The van der Waals surface area contributed by atoms with Gasteiger partial charge in [-0.05, 0) is 56.7 Å². The molecule has 4 nitrogen and oxygen atoms in total. The molecule has 0 aromatic heterocycles. The Hall–Kier alpha value is -1.43. The van der Waals surface area contributed by atoms with Gasteiger partial charge in [0.25, 0.3) is 0 Å². The molecule has 0 spiro atoms. The lowest BCUT2D eigenvalue weighted by Gasteiger charge is -2.39. The number of halogens is 1. The lowest BCUT2D eigenvalue weighted by molar-refractivity contribution is -0.137. The third-order valence-electron chi connectivity index (χ3n) is 6.21. The quantitative estimate of drug-likeness (QED) is 0.128. The van der Waals surface area contributed by atoms with Gasteiger partial charge in [-0.15, -0.1) is 0 Å². The normalized spacial score (nSPS) is 20.0. The van der Waals surface area contributed by atoms with Crippen LogP contribution in [0.15, 0.2) is 47.1 Å². The van der Waals surface area contributed by atoms with E-state index in [1.165, 1.54) is 0 Å². The largest absolute Gasteiger partial charge is 0.481 e. The lowest BCUT2D eigenvalue weighted by atomic mass is 9.96. The molecule has 2 atom stereocenters. The number of hydrogen-bond donors (Lipinski definition) is 1. The Morgan fingerprint density at radius 3 is 2.50 bits per heavy atom. The minimum atomic E-state index is -1.93. The molecule has 6 heteroatoms. The molecule has 0 amide bonds. The summed E-state index contributed by atoms with van der Waals surface area (Å²) in [6.45, 7) is 13.3. The van der Waals surface area contributed by atoms with Gasteiger partial charge in [0.05, 0.1) is 11.1 Å². The average Bonchev–Trinajstić information content (AvgIpc) is 2.94. The summed E-state index contributed by atoms with van der Waals surface area (Å²) in [4.78, 5) is 23.2. The number of carboxylic acid groups (broad SMARTS) is 1. The minimum Gasteiger partial charge on any atom is -0.481 e. The summed E-state index contributed by atoms with van der Waals surface area (Å²) in [6, 6.07) is 0. The van der Waals surface area contributed by atoms with E-state index in [2.05, 4.69) is 52.9 Å². The Labute approximate surface area is 200 Å². The Morgan fingerprint density at radius 2 is 1.91 bits per heavy atom. The number of ketones is 1. The first-order valence-corrected chi connectivity index (χ1v) is 15.0. The number of carboxylic acids is 1. The molecule has 1 rings (SSSR count). The molecule has 1 N–H and O–H groups in total. The summed E-state index contributed by atoms with van der Waals surface area (Å²) in [5.41, 5.74) is 0.744. The molecule has 0 bridgehead atoms. The van der Waals surface area contributed by atoms with Crippen molar-refractivity contribution in [2.45, 2.75) is 96.9 Å². The molecule has 0 saturated carbocycles. The van der Waals surface area contributed by atoms with Crippen LogP contribution in [0, 0.1) is 5.92 Å². The zero-order chi connectivity index (χ0) is 24.4. The molecule has 180 valence electrons. The number of Topliss-reactive ketones (excluding diaryl/α,β-unsaturated/α-hetero) is 1. The van der Waals surface area contributed by atoms with Crippen molar-refractivity contribution >= 4 is 31.7 Å². The van der Waals surface area contributed by atoms with E-state index in [9.17, 15) is 9.59 Å². The monoisotopic (exact) mass is 480 g/mol. The topological polar surface area (TPSA) is 63.6 Å². The van der Waals surface area contributed by atoms with Crippen molar-refractivity contribution in [1.82, 2.24) is 0 Å². The highest BCUT2D eigenvalue weighted by atomic mass is 35.5. The van der Waals surface area contributed by atoms with Gasteiger partial charge in [-0.1, -0.05) is 75.8 Å². The molecule has 0 aliphatic heterocycles. The van der Waals surface area contributed by atoms with E-state index in [4.69, 9.17) is 21.1 Å². The highest BCUT2D eigenvalue weighted by Gasteiger charge is 2.39. The van der Waals surface area contributed by atoms with Gasteiger partial charge < -0.3 is 9.53 Å². The molecule has 0 fully saturated rings. The summed E-state index contributed by atoms with van der Waals surface area (Å²) in [7, 11) is -1.93. The van der Waals surface area contributed by atoms with Crippen LogP contribution in [0.25, 0.3) is 0 Å². The van der Waals surface area contributed by atoms with E-state index in [-0.39, 0.29) is 34.3 Å². The smallest absolute Gasteiger partial charge is 0.303 e. The standard InChI is InChI=1S/C26H41ClO4Si/c1-7-8-11-15-21(31-32(5,6)26(2,3)4)17-18-22-20(19-23(27)25(22)30)14-12-9-10-13-16-24(28)29/h8-9,11-12,18-21H,7,10,13-17H2,1-6H3,(H,28,29)/b11-8-,12-9-,22-18+/t20-,21-/m0/s1. The van der Waals surface area contributed by atoms with E-state index in [1.807, 2.05) is 24.3 Å². The SMILES string of the molecule is CC/C=C\C[C@@H](C/C=C1/C(=O)C(Cl)=C[C@@H]1C/C=C\CCCC(=O)O)O[Si](C)(C)C(C)(C)C. The highest BCUT2D eigenvalue weighted by Crippen LogP contribution is 2.38. The molecule has 0 saturated heterocycles. The molecular weight excluding hydrogens is 440 g/mol. The van der Waals surface area contributed by atoms with Crippen LogP contribution in [0.5, 0.6) is 0 Å². The number of carbonyl (C=O) groups is 2. The van der Waals surface area contributed by atoms with Crippen molar-refractivity contribution in [1.29, 1.82) is 0 Å². The van der Waals surface area contributed by atoms with Crippen LogP contribution in [-0.4, -0.2) is 31.3 Å². The van der Waals surface area contributed by atoms with Crippen LogP contribution in [0.4, 0.5) is 0 Å². The van der Waals surface area contributed by atoms with Gasteiger partial charge in [0, 0.05) is 17.9 Å². The molecule has 0 radical (unpaired) electrons. The molecular formula is C26H41ClO4Si. The first-order chi connectivity index (χ1) is 14.9. The van der Waals surface area contributed by atoms with E-state index in [0.29, 0.717) is 19.3 Å². The molecule has 0 aromatic rings.